The number of aromatic nitrogens is 1. The number of aryl methyl sites for hydroxylation is 2. The molecule has 106 valence electrons. The lowest BCUT2D eigenvalue weighted by Crippen LogP contribution is -1.99. The molecule has 2 aromatic rings. The molecular formula is C16H20N2OS. The number of ether oxygens (including phenoxy) is 1. The quantitative estimate of drug-likeness (QED) is 0.648. The summed E-state index contributed by atoms with van der Waals surface area (Å²) in [7, 11) is 0. The first-order valence-electron chi connectivity index (χ1n) is 6.69. The molecule has 0 aliphatic heterocycles. The highest BCUT2D eigenvalue weighted by Gasteiger charge is 1.99. The Bertz CT molecular complexity index is 555. The van der Waals surface area contributed by atoms with Gasteiger partial charge in [0.05, 0.1) is 23.5 Å². The predicted octanol–water partition coefficient (Wildman–Crippen LogP) is 3.84. The molecule has 2 N–H and O–H groups in total. The van der Waals surface area contributed by atoms with Gasteiger partial charge >= 0.3 is 0 Å². The molecule has 0 atom stereocenters. The number of nitrogens with zero attached hydrogens (tertiary/aromatic N) is 1. The fourth-order valence-corrected chi connectivity index (χ4v) is 2.47. The van der Waals surface area contributed by atoms with E-state index in [9.17, 15) is 0 Å². The number of nitrogen functional groups attached to an aromatic ring is 1. The van der Waals surface area contributed by atoms with Gasteiger partial charge in [0.2, 0.25) is 0 Å². The maximum Gasteiger partial charge on any atom is 0.119 e. The molecule has 0 saturated heterocycles. The molecule has 0 aliphatic rings. The fourth-order valence-electron chi connectivity index (χ4n) is 1.71. The van der Waals surface area contributed by atoms with Gasteiger partial charge in [-0.25, -0.2) is 4.98 Å². The number of anilines is 1. The van der Waals surface area contributed by atoms with E-state index >= 15 is 0 Å². The molecule has 20 heavy (non-hydrogen) atoms. The van der Waals surface area contributed by atoms with Gasteiger partial charge in [-0.1, -0.05) is 6.07 Å². The van der Waals surface area contributed by atoms with E-state index in [-0.39, 0.29) is 0 Å². The van der Waals surface area contributed by atoms with Crippen molar-refractivity contribution in [3.05, 3.63) is 47.7 Å². The lowest BCUT2D eigenvalue weighted by atomic mass is 10.1. The molecule has 0 spiro atoms. The van der Waals surface area contributed by atoms with Crippen LogP contribution in [-0.2, 0) is 0 Å². The number of nitrogens with two attached hydrogens (primary N) is 1. The zero-order chi connectivity index (χ0) is 14.4. The van der Waals surface area contributed by atoms with Crippen LogP contribution < -0.4 is 10.5 Å². The Kier molecular flexibility index (Phi) is 5.30. The van der Waals surface area contributed by atoms with E-state index in [4.69, 9.17) is 10.5 Å². The van der Waals surface area contributed by atoms with Crippen molar-refractivity contribution in [1.29, 1.82) is 0 Å². The molecule has 0 fully saturated rings. The summed E-state index contributed by atoms with van der Waals surface area (Å²) in [4.78, 5) is 4.25. The molecule has 1 heterocycles. The Balaban J connectivity index is 1.68. The molecule has 2 rings (SSSR count). The second kappa shape index (κ2) is 7.20. The molecule has 0 radical (unpaired) electrons. The predicted molar refractivity (Wildman–Crippen MR) is 85.4 cm³/mol. The van der Waals surface area contributed by atoms with Crippen molar-refractivity contribution in [2.24, 2.45) is 0 Å². The van der Waals surface area contributed by atoms with Crippen LogP contribution in [0.5, 0.6) is 5.75 Å². The Labute approximate surface area is 124 Å². The zero-order valence-electron chi connectivity index (χ0n) is 11.9. The highest BCUT2D eigenvalue weighted by molar-refractivity contribution is 7.99. The summed E-state index contributed by atoms with van der Waals surface area (Å²) in [6.45, 7) is 4.94. The van der Waals surface area contributed by atoms with Crippen LogP contribution in [0.1, 0.15) is 17.5 Å². The monoisotopic (exact) mass is 288 g/mol. The second-order valence-electron chi connectivity index (χ2n) is 4.73. The van der Waals surface area contributed by atoms with E-state index in [2.05, 4.69) is 31.0 Å². The van der Waals surface area contributed by atoms with Crippen molar-refractivity contribution in [2.75, 3.05) is 18.1 Å². The van der Waals surface area contributed by atoms with Gasteiger partial charge in [-0.05, 0) is 55.7 Å². The second-order valence-corrected chi connectivity index (χ2v) is 5.84. The first kappa shape index (κ1) is 14.7. The molecular weight excluding hydrogens is 268 g/mol. The van der Waals surface area contributed by atoms with E-state index in [0.717, 1.165) is 29.6 Å². The van der Waals surface area contributed by atoms with Crippen molar-refractivity contribution in [3.63, 3.8) is 0 Å². The highest BCUT2D eigenvalue weighted by atomic mass is 32.2. The van der Waals surface area contributed by atoms with Gasteiger partial charge in [-0.3, -0.25) is 0 Å². The van der Waals surface area contributed by atoms with Crippen LogP contribution in [0.2, 0.25) is 0 Å². The normalized spacial score (nSPS) is 10.5. The first-order chi connectivity index (χ1) is 9.65. The number of hydrogen-bond donors (Lipinski definition) is 1. The maximum absolute atomic E-state index is 5.75. The van der Waals surface area contributed by atoms with Crippen molar-refractivity contribution >= 4 is 17.4 Å². The van der Waals surface area contributed by atoms with Crippen LogP contribution in [0.3, 0.4) is 0 Å². The number of pyridine rings is 1. The zero-order valence-corrected chi connectivity index (χ0v) is 12.7. The van der Waals surface area contributed by atoms with E-state index in [1.54, 1.807) is 18.0 Å². The van der Waals surface area contributed by atoms with Crippen molar-refractivity contribution < 1.29 is 4.74 Å². The SMILES string of the molecule is Cc1ccc(OCCCSc2ccc(N)cn2)cc1C. The summed E-state index contributed by atoms with van der Waals surface area (Å²) in [6, 6.07) is 10.0. The molecule has 0 unspecified atom stereocenters. The van der Waals surface area contributed by atoms with Crippen LogP contribution in [-0.4, -0.2) is 17.3 Å². The summed E-state index contributed by atoms with van der Waals surface area (Å²) in [5.74, 6) is 1.94. The van der Waals surface area contributed by atoms with Crippen molar-refractivity contribution in [1.82, 2.24) is 4.98 Å². The molecule has 0 saturated carbocycles. The van der Waals surface area contributed by atoms with Gasteiger partial charge in [0, 0.05) is 5.75 Å². The standard InChI is InChI=1S/C16H20N2OS/c1-12-4-6-15(10-13(12)2)19-8-3-9-20-16-7-5-14(17)11-18-16/h4-7,10-11H,3,8-9,17H2,1-2H3. The van der Waals surface area contributed by atoms with Gasteiger partial charge in [-0.15, -0.1) is 11.8 Å². The van der Waals surface area contributed by atoms with Crippen LogP contribution >= 0.6 is 11.8 Å². The molecule has 0 bridgehead atoms. The average molecular weight is 288 g/mol. The third kappa shape index (κ3) is 4.46. The lowest BCUT2D eigenvalue weighted by Gasteiger charge is -2.08. The largest absolute Gasteiger partial charge is 0.494 e. The number of thioether (sulfide) groups is 1. The van der Waals surface area contributed by atoms with E-state index < -0.39 is 0 Å². The minimum Gasteiger partial charge on any atom is -0.494 e. The first-order valence-corrected chi connectivity index (χ1v) is 7.68. The van der Waals surface area contributed by atoms with Crippen molar-refractivity contribution in [2.45, 2.75) is 25.3 Å². The molecule has 0 amide bonds. The van der Waals surface area contributed by atoms with Crippen LogP contribution in [0.25, 0.3) is 0 Å². The smallest absolute Gasteiger partial charge is 0.119 e. The minimum absolute atomic E-state index is 0.701. The van der Waals surface area contributed by atoms with E-state index in [1.165, 1.54) is 11.1 Å². The molecule has 1 aromatic heterocycles. The number of benzene rings is 1. The number of hydrogen-bond acceptors (Lipinski definition) is 4. The fraction of sp³-hybridized carbons (Fsp3) is 0.312. The van der Waals surface area contributed by atoms with Crippen LogP contribution in [0, 0.1) is 13.8 Å². The third-order valence-corrected chi connectivity index (χ3v) is 4.08. The molecule has 3 nitrogen and oxygen atoms in total. The summed E-state index contributed by atoms with van der Waals surface area (Å²) in [5, 5.41) is 1.00. The summed E-state index contributed by atoms with van der Waals surface area (Å²) in [6.07, 6.45) is 2.68. The maximum atomic E-state index is 5.75. The minimum atomic E-state index is 0.701. The Morgan fingerprint density at radius 1 is 1.15 bits per heavy atom. The lowest BCUT2D eigenvalue weighted by molar-refractivity contribution is 0.318. The van der Waals surface area contributed by atoms with Crippen LogP contribution in [0.15, 0.2) is 41.6 Å². The third-order valence-electron chi connectivity index (χ3n) is 3.04. The van der Waals surface area contributed by atoms with Gasteiger partial charge in [0.1, 0.15) is 5.75 Å². The summed E-state index contributed by atoms with van der Waals surface area (Å²) >= 11 is 1.72. The molecule has 1 aromatic carbocycles. The summed E-state index contributed by atoms with van der Waals surface area (Å²) < 4.78 is 5.75. The highest BCUT2D eigenvalue weighted by Crippen LogP contribution is 2.19. The molecule has 0 aliphatic carbocycles. The van der Waals surface area contributed by atoms with Crippen LogP contribution in [0.4, 0.5) is 5.69 Å². The van der Waals surface area contributed by atoms with Gasteiger partial charge in [0.15, 0.2) is 0 Å². The average Bonchev–Trinajstić information content (AvgIpc) is 2.44. The Morgan fingerprint density at radius 2 is 2.00 bits per heavy atom. The van der Waals surface area contributed by atoms with E-state index in [0.29, 0.717) is 5.69 Å². The number of rotatable bonds is 6. The molecule has 4 heteroatoms. The summed E-state index contributed by atoms with van der Waals surface area (Å²) in [5.41, 5.74) is 8.86. The van der Waals surface area contributed by atoms with Crippen molar-refractivity contribution in [3.8, 4) is 5.75 Å². The topological polar surface area (TPSA) is 48.1 Å². The van der Waals surface area contributed by atoms with Gasteiger partial charge in [0.25, 0.3) is 0 Å². The Morgan fingerprint density at radius 3 is 2.70 bits per heavy atom. The van der Waals surface area contributed by atoms with Gasteiger partial charge in [-0.2, -0.15) is 0 Å². The van der Waals surface area contributed by atoms with Gasteiger partial charge < -0.3 is 10.5 Å². The Hall–Kier alpha value is -1.68. The van der Waals surface area contributed by atoms with E-state index in [1.807, 2.05) is 18.2 Å².